The maximum absolute atomic E-state index is 11.8. The summed E-state index contributed by atoms with van der Waals surface area (Å²) in [5, 5.41) is 8.77. The van der Waals surface area contributed by atoms with E-state index in [1.165, 1.54) is 0 Å². The number of nitrogens with one attached hydrogen (secondary N) is 3. The van der Waals surface area contributed by atoms with Crippen LogP contribution in [0.5, 0.6) is 5.75 Å². The number of amides is 1. The molecule has 2 rings (SSSR count). The number of hydrogen-bond donors (Lipinski definition) is 3. The lowest BCUT2D eigenvalue weighted by Gasteiger charge is -2.12. The van der Waals surface area contributed by atoms with Crippen molar-refractivity contribution >= 4 is 35.8 Å². The average molecular weight is 458 g/mol. The van der Waals surface area contributed by atoms with Gasteiger partial charge in [-0.3, -0.25) is 9.79 Å². The summed E-state index contributed by atoms with van der Waals surface area (Å²) >= 11 is 0. The van der Waals surface area contributed by atoms with Gasteiger partial charge in [0.15, 0.2) is 5.96 Å². The van der Waals surface area contributed by atoms with E-state index >= 15 is 0 Å². The predicted molar refractivity (Wildman–Crippen MR) is 107 cm³/mol. The van der Waals surface area contributed by atoms with Crippen LogP contribution in [0.1, 0.15) is 5.76 Å². The van der Waals surface area contributed by atoms with Crippen LogP contribution in [0.15, 0.2) is 58.1 Å². The Hall–Kier alpha value is -2.23. The van der Waals surface area contributed by atoms with Crippen molar-refractivity contribution in [3.8, 4) is 5.75 Å². The normalized spacial score (nSPS) is 10.5. The average Bonchev–Trinajstić information content (AvgIpc) is 3.14. The lowest BCUT2D eigenvalue weighted by atomic mass is 10.3. The Balaban J connectivity index is 0.00000312. The molecule has 0 saturated carbocycles. The first kappa shape index (κ1) is 20.8. The minimum atomic E-state index is -0.144. The minimum absolute atomic E-state index is 0. The fourth-order valence-electron chi connectivity index (χ4n) is 1.90. The van der Waals surface area contributed by atoms with Crippen molar-refractivity contribution in [2.24, 2.45) is 4.99 Å². The molecule has 0 aliphatic rings. The first-order valence-corrected chi connectivity index (χ1v) is 7.69. The van der Waals surface area contributed by atoms with Crippen LogP contribution in [0.2, 0.25) is 0 Å². The van der Waals surface area contributed by atoms with E-state index in [4.69, 9.17) is 9.15 Å². The van der Waals surface area contributed by atoms with Gasteiger partial charge in [-0.25, -0.2) is 0 Å². The molecule has 0 aliphatic carbocycles. The maximum atomic E-state index is 11.8. The van der Waals surface area contributed by atoms with Crippen molar-refractivity contribution in [1.82, 2.24) is 16.0 Å². The third-order valence-corrected chi connectivity index (χ3v) is 3.09. The Bertz CT molecular complexity index is 633. The van der Waals surface area contributed by atoms with Crippen molar-refractivity contribution in [2.45, 2.75) is 6.54 Å². The Morgan fingerprint density at radius 1 is 1.12 bits per heavy atom. The highest BCUT2D eigenvalue weighted by Gasteiger charge is 2.04. The molecule has 0 bridgehead atoms. The van der Waals surface area contributed by atoms with E-state index in [-0.39, 0.29) is 36.4 Å². The summed E-state index contributed by atoms with van der Waals surface area (Å²) in [6.45, 7) is 1.56. The SMILES string of the molecule is CN=C(NCCOc1ccccc1)NCC(=O)NCc1ccco1.I. The predicted octanol–water partition coefficient (Wildman–Crippen LogP) is 1.76. The summed E-state index contributed by atoms with van der Waals surface area (Å²) in [5.74, 6) is 1.93. The molecule has 0 aliphatic heterocycles. The number of aliphatic imine (C=N–C) groups is 1. The molecule has 0 radical (unpaired) electrons. The van der Waals surface area contributed by atoms with E-state index in [9.17, 15) is 4.79 Å². The zero-order valence-corrected chi connectivity index (χ0v) is 16.4. The summed E-state index contributed by atoms with van der Waals surface area (Å²) in [5.41, 5.74) is 0. The molecule has 0 unspecified atom stereocenters. The van der Waals surface area contributed by atoms with Gasteiger partial charge in [0.05, 0.1) is 25.9 Å². The quantitative estimate of drug-likeness (QED) is 0.243. The molecule has 1 aromatic heterocycles. The van der Waals surface area contributed by atoms with Gasteiger partial charge in [-0.15, -0.1) is 24.0 Å². The molecule has 2 aromatic rings. The number of hydrogen-bond acceptors (Lipinski definition) is 4. The monoisotopic (exact) mass is 458 g/mol. The second-order valence-corrected chi connectivity index (χ2v) is 4.87. The number of furan rings is 1. The van der Waals surface area contributed by atoms with Crippen molar-refractivity contribution in [3.05, 3.63) is 54.5 Å². The number of halogens is 1. The Labute approximate surface area is 164 Å². The van der Waals surface area contributed by atoms with E-state index in [2.05, 4.69) is 20.9 Å². The second-order valence-electron chi connectivity index (χ2n) is 4.87. The summed E-state index contributed by atoms with van der Waals surface area (Å²) in [6, 6.07) is 13.2. The molecular formula is C17H23IN4O3. The van der Waals surface area contributed by atoms with Crippen LogP contribution in [0.25, 0.3) is 0 Å². The topological polar surface area (TPSA) is 87.9 Å². The second kappa shape index (κ2) is 12.2. The standard InChI is InChI=1S/C17H22N4O3.HI/c1-18-17(19-9-11-24-14-6-3-2-4-7-14)21-13-16(22)20-12-15-8-5-10-23-15;/h2-8,10H,9,11-13H2,1H3,(H,20,22)(H2,18,19,21);1H. The van der Waals surface area contributed by atoms with Crippen molar-refractivity contribution in [1.29, 1.82) is 0 Å². The van der Waals surface area contributed by atoms with Gasteiger partial charge in [-0.2, -0.15) is 0 Å². The fraction of sp³-hybridized carbons (Fsp3) is 0.294. The van der Waals surface area contributed by atoms with E-state index in [0.29, 0.717) is 31.4 Å². The number of benzene rings is 1. The highest BCUT2D eigenvalue weighted by Crippen LogP contribution is 2.07. The Morgan fingerprint density at radius 2 is 1.92 bits per heavy atom. The summed E-state index contributed by atoms with van der Waals surface area (Å²) in [6.07, 6.45) is 1.57. The highest BCUT2D eigenvalue weighted by molar-refractivity contribution is 14.0. The van der Waals surface area contributed by atoms with Gasteiger partial charge in [0.25, 0.3) is 0 Å². The van der Waals surface area contributed by atoms with Crippen LogP contribution >= 0.6 is 24.0 Å². The molecule has 0 spiro atoms. The van der Waals surface area contributed by atoms with E-state index in [0.717, 1.165) is 5.75 Å². The van der Waals surface area contributed by atoms with E-state index < -0.39 is 0 Å². The summed E-state index contributed by atoms with van der Waals surface area (Å²) < 4.78 is 10.7. The van der Waals surface area contributed by atoms with Gasteiger partial charge in [0, 0.05) is 7.05 Å². The van der Waals surface area contributed by atoms with Gasteiger partial charge in [-0.1, -0.05) is 18.2 Å². The smallest absolute Gasteiger partial charge is 0.239 e. The molecule has 136 valence electrons. The molecule has 8 heteroatoms. The number of carbonyl (C=O) groups excluding carboxylic acids is 1. The van der Waals surface area contributed by atoms with E-state index in [1.54, 1.807) is 25.4 Å². The molecule has 0 atom stereocenters. The van der Waals surface area contributed by atoms with E-state index in [1.807, 2.05) is 30.3 Å². The molecule has 7 nitrogen and oxygen atoms in total. The third kappa shape index (κ3) is 8.43. The molecule has 0 fully saturated rings. The zero-order valence-electron chi connectivity index (χ0n) is 14.0. The zero-order chi connectivity index (χ0) is 17.0. The Kier molecular flexibility index (Phi) is 10.1. The number of guanidine groups is 1. The Morgan fingerprint density at radius 3 is 2.60 bits per heavy atom. The van der Waals surface area contributed by atoms with Gasteiger partial charge in [-0.05, 0) is 24.3 Å². The van der Waals surface area contributed by atoms with Crippen LogP contribution in [-0.2, 0) is 11.3 Å². The number of ether oxygens (including phenoxy) is 1. The first-order chi connectivity index (χ1) is 11.8. The van der Waals surface area contributed by atoms with Crippen LogP contribution in [0, 0.1) is 0 Å². The first-order valence-electron chi connectivity index (χ1n) is 7.69. The molecule has 25 heavy (non-hydrogen) atoms. The molecule has 0 saturated heterocycles. The summed E-state index contributed by atoms with van der Waals surface area (Å²) in [7, 11) is 1.65. The number of nitrogens with zero attached hydrogens (tertiary/aromatic N) is 1. The third-order valence-electron chi connectivity index (χ3n) is 3.09. The maximum Gasteiger partial charge on any atom is 0.239 e. The minimum Gasteiger partial charge on any atom is -0.492 e. The van der Waals surface area contributed by atoms with Gasteiger partial charge in [0.2, 0.25) is 5.91 Å². The van der Waals surface area contributed by atoms with Gasteiger partial charge < -0.3 is 25.1 Å². The molecule has 1 amide bonds. The number of para-hydroxylation sites is 1. The van der Waals surface area contributed by atoms with Crippen LogP contribution in [0.3, 0.4) is 0 Å². The molecule has 1 aromatic carbocycles. The largest absolute Gasteiger partial charge is 0.492 e. The molecule has 3 N–H and O–H groups in total. The summed E-state index contributed by atoms with van der Waals surface area (Å²) in [4.78, 5) is 15.8. The number of carbonyl (C=O) groups is 1. The lowest BCUT2D eigenvalue weighted by molar-refractivity contribution is -0.120. The van der Waals surface area contributed by atoms with Crippen molar-refractivity contribution < 1.29 is 13.9 Å². The number of rotatable bonds is 8. The van der Waals surface area contributed by atoms with Crippen LogP contribution in [0.4, 0.5) is 0 Å². The molecular weight excluding hydrogens is 435 g/mol. The van der Waals surface area contributed by atoms with Gasteiger partial charge >= 0.3 is 0 Å². The van der Waals surface area contributed by atoms with Crippen molar-refractivity contribution in [3.63, 3.8) is 0 Å². The van der Waals surface area contributed by atoms with Crippen molar-refractivity contribution in [2.75, 3.05) is 26.7 Å². The molecule has 1 heterocycles. The van der Waals surface area contributed by atoms with Gasteiger partial charge in [0.1, 0.15) is 18.1 Å². The fourth-order valence-corrected chi connectivity index (χ4v) is 1.90. The van der Waals surface area contributed by atoms with Crippen LogP contribution < -0.4 is 20.7 Å². The lowest BCUT2D eigenvalue weighted by Crippen LogP contribution is -2.44. The van der Waals surface area contributed by atoms with Crippen LogP contribution in [-0.4, -0.2) is 38.6 Å². The highest BCUT2D eigenvalue weighted by atomic mass is 127.